The molecule has 2 aliphatic heterocycles. The summed E-state index contributed by atoms with van der Waals surface area (Å²) < 4.78 is 1.72. The number of aliphatic hydroxyl groups is 2. The summed E-state index contributed by atoms with van der Waals surface area (Å²) in [5.41, 5.74) is 4.49. The summed E-state index contributed by atoms with van der Waals surface area (Å²) >= 11 is 0. The number of carbonyl (C=O) groups excluding carboxylic acids is 2. The number of fused-ring (bicyclic) bond motifs is 1. The number of allylic oxidation sites excluding steroid dienone is 4. The Balaban J connectivity index is 1.32. The molecule has 4 aromatic rings. The van der Waals surface area contributed by atoms with E-state index in [0.29, 0.717) is 48.4 Å². The zero-order valence-electron chi connectivity index (χ0n) is 28.1. The van der Waals surface area contributed by atoms with Gasteiger partial charge in [0.25, 0.3) is 11.8 Å². The predicted octanol–water partition coefficient (Wildman–Crippen LogP) is 6.77. The van der Waals surface area contributed by atoms with Crippen molar-refractivity contribution < 1.29 is 19.8 Å². The van der Waals surface area contributed by atoms with E-state index < -0.39 is 11.5 Å². The molecule has 3 aromatic carbocycles. The van der Waals surface area contributed by atoms with Crippen molar-refractivity contribution in [1.29, 1.82) is 0 Å². The number of hydrogen-bond donors (Lipinski definition) is 2. The van der Waals surface area contributed by atoms with Gasteiger partial charge >= 0.3 is 0 Å². The molecule has 9 heteroatoms. The van der Waals surface area contributed by atoms with Gasteiger partial charge in [-0.15, -0.1) is 5.10 Å². The van der Waals surface area contributed by atoms with Crippen molar-refractivity contribution in [2.75, 3.05) is 23.0 Å². The minimum absolute atomic E-state index is 0.0166. The molecule has 248 valence electrons. The second-order valence-electron chi connectivity index (χ2n) is 13.0. The average Bonchev–Trinajstić information content (AvgIpc) is 3.71. The molecule has 3 heterocycles. The highest BCUT2D eigenvalue weighted by molar-refractivity contribution is 6.28. The summed E-state index contributed by atoms with van der Waals surface area (Å²) in [6.07, 6.45) is 12.8. The number of amides is 2. The minimum Gasteiger partial charge on any atom is -0.396 e. The molecular weight excluding hydrogens is 602 g/mol. The predicted molar refractivity (Wildman–Crippen MR) is 189 cm³/mol. The molecule has 48 heavy (non-hydrogen) atoms. The molecule has 0 saturated heterocycles. The van der Waals surface area contributed by atoms with Crippen molar-refractivity contribution in [3.8, 4) is 0 Å². The zero-order chi connectivity index (χ0) is 34.0. The second-order valence-corrected chi connectivity index (χ2v) is 13.0. The maximum absolute atomic E-state index is 14.3. The number of aryl methyl sites for hydroxylation is 1. The van der Waals surface area contributed by atoms with E-state index in [2.05, 4.69) is 43.2 Å². The fourth-order valence-corrected chi connectivity index (χ4v) is 6.69. The van der Waals surface area contributed by atoms with Crippen LogP contribution >= 0.6 is 0 Å². The van der Waals surface area contributed by atoms with E-state index in [0.717, 1.165) is 35.0 Å². The number of rotatable bonds is 13. The molecule has 2 atom stereocenters. The summed E-state index contributed by atoms with van der Waals surface area (Å²) in [7, 11) is 0. The van der Waals surface area contributed by atoms with E-state index in [-0.39, 0.29) is 18.4 Å². The molecule has 9 nitrogen and oxygen atoms in total. The van der Waals surface area contributed by atoms with Gasteiger partial charge in [0.2, 0.25) is 0 Å². The number of aliphatic hydroxyl groups excluding tert-OH is 1. The first kappa shape index (κ1) is 33.1. The second kappa shape index (κ2) is 13.7. The van der Waals surface area contributed by atoms with Gasteiger partial charge in [0.1, 0.15) is 0 Å². The number of nitrogens with zero attached hydrogens (tertiary/aromatic N) is 5. The smallest absolute Gasteiger partial charge is 0.264 e. The van der Waals surface area contributed by atoms with E-state index in [1.807, 2.05) is 79.9 Å². The monoisotopic (exact) mass is 645 g/mol. The first-order valence-corrected chi connectivity index (χ1v) is 16.6. The van der Waals surface area contributed by atoms with Gasteiger partial charge in [-0.25, -0.2) is 0 Å². The van der Waals surface area contributed by atoms with Crippen molar-refractivity contribution in [3.63, 3.8) is 0 Å². The van der Waals surface area contributed by atoms with Gasteiger partial charge < -0.3 is 15.1 Å². The first-order valence-electron chi connectivity index (χ1n) is 16.6. The molecule has 0 bridgehead atoms. The van der Waals surface area contributed by atoms with Crippen molar-refractivity contribution in [2.24, 2.45) is 5.92 Å². The van der Waals surface area contributed by atoms with Gasteiger partial charge in [-0.2, -0.15) is 0 Å². The fraction of sp³-hybridized carbons (Fsp3) is 0.333. The zero-order valence-corrected chi connectivity index (χ0v) is 28.1. The molecule has 2 amide bonds. The third-order valence-electron chi connectivity index (χ3n) is 9.34. The van der Waals surface area contributed by atoms with E-state index >= 15 is 0 Å². The molecule has 2 aliphatic rings. The third-order valence-corrected chi connectivity index (χ3v) is 9.34. The summed E-state index contributed by atoms with van der Waals surface area (Å²) in [4.78, 5) is 31.4. The molecule has 0 unspecified atom stereocenters. The Labute approximate surface area is 281 Å². The van der Waals surface area contributed by atoms with Crippen LogP contribution in [0.3, 0.4) is 0 Å². The summed E-state index contributed by atoms with van der Waals surface area (Å²) in [6, 6.07) is 17.1. The standard InChI is InChI=1S/C39H43N5O4/c1-26(2)10-7-11-27(3)19-22-43-34-18-17-31(44-35-16-9-14-29-13-8-15-32(36(29)35)37(44)46)24-33(34)39(48,38(43)47)28(4)12-5-6-21-42-25-30(20-23-45)40-41-42/h5,8-10,12-19,24-25,28,45,48H,6-7,11,20-23H2,1-4H3/b12-5+,27-19+/t28-,39+/m0/s1. The Hall–Kier alpha value is -4.86. The van der Waals surface area contributed by atoms with Crippen molar-refractivity contribution in [3.05, 3.63) is 113 Å². The van der Waals surface area contributed by atoms with Gasteiger partial charge in [0, 0.05) is 54.9 Å². The largest absolute Gasteiger partial charge is 0.396 e. The van der Waals surface area contributed by atoms with Crippen LogP contribution in [-0.4, -0.2) is 50.2 Å². The Morgan fingerprint density at radius 2 is 1.79 bits per heavy atom. The fourth-order valence-electron chi connectivity index (χ4n) is 6.69. The lowest BCUT2D eigenvalue weighted by Gasteiger charge is -2.28. The molecule has 0 fully saturated rings. The number of benzene rings is 3. The normalized spacial score (nSPS) is 18.0. The highest BCUT2D eigenvalue weighted by Crippen LogP contribution is 2.49. The van der Waals surface area contributed by atoms with E-state index in [4.69, 9.17) is 5.11 Å². The number of carbonyl (C=O) groups is 2. The van der Waals surface area contributed by atoms with Gasteiger partial charge in [-0.3, -0.25) is 19.2 Å². The lowest BCUT2D eigenvalue weighted by Crippen LogP contribution is -2.44. The number of hydrogen-bond acceptors (Lipinski definition) is 6. The highest BCUT2D eigenvalue weighted by atomic mass is 16.3. The van der Waals surface area contributed by atoms with Gasteiger partial charge in [0.15, 0.2) is 5.60 Å². The van der Waals surface area contributed by atoms with E-state index in [1.54, 1.807) is 14.5 Å². The van der Waals surface area contributed by atoms with Crippen molar-refractivity contribution >= 4 is 39.6 Å². The van der Waals surface area contributed by atoms with Crippen LogP contribution in [0, 0.1) is 5.92 Å². The quantitative estimate of drug-likeness (QED) is 0.155. The lowest BCUT2D eigenvalue weighted by atomic mass is 9.82. The number of aromatic nitrogens is 3. The molecule has 6 rings (SSSR count). The Kier molecular flexibility index (Phi) is 9.44. The van der Waals surface area contributed by atoms with Gasteiger partial charge in [-0.05, 0) is 75.8 Å². The Morgan fingerprint density at radius 1 is 1.00 bits per heavy atom. The van der Waals surface area contributed by atoms with Crippen LogP contribution in [0.5, 0.6) is 0 Å². The van der Waals surface area contributed by atoms with E-state index in [1.165, 1.54) is 11.1 Å². The van der Waals surface area contributed by atoms with Crippen LogP contribution in [0.25, 0.3) is 10.8 Å². The van der Waals surface area contributed by atoms with Crippen LogP contribution in [0.4, 0.5) is 17.1 Å². The first-order chi connectivity index (χ1) is 23.1. The van der Waals surface area contributed by atoms with Crippen LogP contribution in [0.2, 0.25) is 0 Å². The average molecular weight is 646 g/mol. The van der Waals surface area contributed by atoms with Crippen molar-refractivity contribution in [2.45, 2.75) is 65.5 Å². The van der Waals surface area contributed by atoms with Crippen LogP contribution in [0.15, 0.2) is 96.2 Å². The Bertz CT molecular complexity index is 1950. The van der Waals surface area contributed by atoms with Crippen molar-refractivity contribution in [1.82, 2.24) is 15.0 Å². The molecular formula is C39H43N5O4. The van der Waals surface area contributed by atoms with Gasteiger partial charge in [0.05, 0.1) is 22.6 Å². The molecule has 0 aliphatic carbocycles. The highest BCUT2D eigenvalue weighted by Gasteiger charge is 2.52. The molecule has 2 N–H and O–H groups in total. The molecule has 0 saturated carbocycles. The molecule has 0 spiro atoms. The summed E-state index contributed by atoms with van der Waals surface area (Å²) in [6.45, 7) is 9.01. The summed E-state index contributed by atoms with van der Waals surface area (Å²) in [5, 5.41) is 31.6. The maximum Gasteiger partial charge on any atom is 0.264 e. The number of anilines is 3. The molecule has 0 radical (unpaired) electrons. The maximum atomic E-state index is 14.3. The van der Waals surface area contributed by atoms with Crippen LogP contribution in [-0.2, 0) is 23.4 Å². The minimum atomic E-state index is -1.84. The SMILES string of the molecule is CC(C)=CCC/C(C)=C/CN1C(=O)[C@@](O)([C@@H](C)/C=C/CCn2cc(CCO)nn2)c2cc(N3C(=O)c4cccc5cccc3c45)ccc21. The van der Waals surface area contributed by atoms with Crippen LogP contribution in [0.1, 0.15) is 68.6 Å². The van der Waals surface area contributed by atoms with Crippen LogP contribution < -0.4 is 9.80 Å². The molecule has 1 aromatic heterocycles. The summed E-state index contributed by atoms with van der Waals surface area (Å²) in [5.74, 6) is -1.09. The van der Waals surface area contributed by atoms with E-state index in [9.17, 15) is 14.7 Å². The van der Waals surface area contributed by atoms with Gasteiger partial charge in [-0.1, -0.05) is 71.9 Å². The lowest BCUT2D eigenvalue weighted by molar-refractivity contribution is -0.139. The Morgan fingerprint density at radius 3 is 2.56 bits per heavy atom. The third kappa shape index (κ3) is 6.11. The topological polar surface area (TPSA) is 112 Å².